The van der Waals surface area contributed by atoms with E-state index in [1.807, 2.05) is 0 Å². The number of hydrogen-bond acceptors (Lipinski definition) is 3. The third kappa shape index (κ3) is 6.63. The Balaban J connectivity index is 1.82. The van der Waals surface area contributed by atoms with Crippen LogP contribution in [0.25, 0.3) is 0 Å². The quantitative estimate of drug-likeness (QED) is 0.699. The molecule has 148 valence electrons. The van der Waals surface area contributed by atoms with Crippen LogP contribution in [0.15, 0.2) is 24.3 Å². The van der Waals surface area contributed by atoms with Gasteiger partial charge in [0.1, 0.15) is 12.6 Å². The van der Waals surface area contributed by atoms with E-state index in [-0.39, 0.29) is 19.5 Å². The van der Waals surface area contributed by atoms with Gasteiger partial charge < -0.3 is 20.9 Å². The molecule has 0 bridgehead atoms. The number of hydrogen-bond donors (Lipinski definition) is 3. The molecule has 11 heteroatoms. The molecule has 0 spiro atoms. The number of anilines is 1. The summed E-state index contributed by atoms with van der Waals surface area (Å²) >= 11 is 5.74. The van der Waals surface area contributed by atoms with E-state index < -0.39 is 36.6 Å². The molecular weight excluding hydrogens is 389 g/mol. The molecule has 1 heterocycles. The Hall–Kier alpha value is -2.49. The smallest absolute Gasteiger partial charge is 0.345 e. The molecule has 1 atom stereocenters. The van der Waals surface area contributed by atoms with Crippen LogP contribution in [-0.4, -0.2) is 54.6 Å². The van der Waals surface area contributed by atoms with Gasteiger partial charge in [-0.05, 0) is 37.1 Å². The van der Waals surface area contributed by atoms with Gasteiger partial charge in [-0.3, -0.25) is 9.59 Å². The van der Waals surface area contributed by atoms with E-state index >= 15 is 0 Å². The normalized spacial score (nSPS) is 16.7. The minimum atomic E-state index is -4.53. The zero-order valence-electron chi connectivity index (χ0n) is 14.1. The van der Waals surface area contributed by atoms with Crippen molar-refractivity contribution in [3.8, 4) is 0 Å². The first-order chi connectivity index (χ1) is 12.7. The molecule has 1 aliphatic heterocycles. The zero-order valence-corrected chi connectivity index (χ0v) is 14.9. The number of nitrogens with zero attached hydrogens (tertiary/aromatic N) is 1. The second-order valence-corrected chi connectivity index (χ2v) is 6.33. The predicted octanol–water partition coefficient (Wildman–Crippen LogP) is 2.13. The fraction of sp³-hybridized carbons (Fsp3) is 0.438. The van der Waals surface area contributed by atoms with Gasteiger partial charge in [-0.2, -0.15) is 13.2 Å². The number of carbonyl (C=O) groups is 3. The first kappa shape index (κ1) is 20.8. The van der Waals surface area contributed by atoms with Crippen molar-refractivity contribution in [3.05, 3.63) is 29.3 Å². The van der Waals surface area contributed by atoms with Gasteiger partial charge in [0.2, 0.25) is 11.8 Å². The molecule has 0 aliphatic carbocycles. The summed E-state index contributed by atoms with van der Waals surface area (Å²) < 4.78 is 36.6. The highest BCUT2D eigenvalue weighted by Crippen LogP contribution is 2.19. The number of benzene rings is 1. The number of rotatable bonds is 5. The van der Waals surface area contributed by atoms with Gasteiger partial charge in [0.25, 0.3) is 0 Å². The molecule has 1 saturated heterocycles. The van der Waals surface area contributed by atoms with Crippen molar-refractivity contribution < 1.29 is 27.6 Å². The van der Waals surface area contributed by atoms with Crippen molar-refractivity contribution in [1.29, 1.82) is 0 Å². The third-order valence-electron chi connectivity index (χ3n) is 3.81. The molecule has 1 unspecified atom stereocenters. The lowest BCUT2D eigenvalue weighted by Gasteiger charge is -2.24. The Bertz CT molecular complexity index is 697. The summed E-state index contributed by atoms with van der Waals surface area (Å²) in [4.78, 5) is 37.1. The summed E-state index contributed by atoms with van der Waals surface area (Å²) in [5.41, 5.74) is 0.490. The SMILES string of the molecule is O=C(CNC(=O)N1CCCC1C(=O)NCC(F)(F)F)Nc1ccc(Cl)cc1. The van der Waals surface area contributed by atoms with Crippen molar-refractivity contribution >= 4 is 35.1 Å². The van der Waals surface area contributed by atoms with Crippen LogP contribution in [-0.2, 0) is 9.59 Å². The van der Waals surface area contributed by atoms with Gasteiger partial charge in [0, 0.05) is 17.3 Å². The lowest BCUT2D eigenvalue weighted by molar-refractivity contribution is -0.140. The number of alkyl halides is 3. The maximum absolute atomic E-state index is 12.2. The van der Waals surface area contributed by atoms with E-state index in [2.05, 4.69) is 10.6 Å². The molecule has 0 saturated carbocycles. The monoisotopic (exact) mass is 406 g/mol. The Morgan fingerprint density at radius 3 is 2.44 bits per heavy atom. The van der Waals surface area contributed by atoms with Crippen molar-refractivity contribution in [3.63, 3.8) is 0 Å². The molecule has 1 aromatic carbocycles. The summed E-state index contributed by atoms with van der Waals surface area (Å²) in [7, 11) is 0. The number of amides is 4. The molecule has 1 fully saturated rings. The van der Waals surface area contributed by atoms with Gasteiger partial charge >= 0.3 is 12.2 Å². The van der Waals surface area contributed by atoms with Gasteiger partial charge in [-0.15, -0.1) is 0 Å². The minimum absolute atomic E-state index is 0.217. The lowest BCUT2D eigenvalue weighted by atomic mass is 10.2. The summed E-state index contributed by atoms with van der Waals surface area (Å²) in [5.74, 6) is -1.37. The molecule has 3 N–H and O–H groups in total. The highest BCUT2D eigenvalue weighted by atomic mass is 35.5. The first-order valence-corrected chi connectivity index (χ1v) is 8.48. The van der Waals surface area contributed by atoms with Crippen LogP contribution in [0.5, 0.6) is 0 Å². The third-order valence-corrected chi connectivity index (χ3v) is 4.06. The summed E-state index contributed by atoms with van der Waals surface area (Å²) in [6.07, 6.45) is -3.79. The van der Waals surface area contributed by atoms with Gasteiger partial charge in [0.05, 0.1) is 6.54 Å². The van der Waals surface area contributed by atoms with E-state index in [4.69, 9.17) is 11.6 Å². The van der Waals surface area contributed by atoms with E-state index in [0.717, 1.165) is 4.90 Å². The Morgan fingerprint density at radius 1 is 1.15 bits per heavy atom. The molecule has 4 amide bonds. The van der Waals surface area contributed by atoms with Crippen molar-refractivity contribution in [2.45, 2.75) is 25.1 Å². The second-order valence-electron chi connectivity index (χ2n) is 5.90. The van der Waals surface area contributed by atoms with Gasteiger partial charge in [-0.1, -0.05) is 11.6 Å². The van der Waals surface area contributed by atoms with Crippen LogP contribution in [0.2, 0.25) is 5.02 Å². The van der Waals surface area contributed by atoms with E-state index in [1.54, 1.807) is 29.6 Å². The Kier molecular flexibility index (Phi) is 6.89. The minimum Gasteiger partial charge on any atom is -0.345 e. The van der Waals surface area contributed by atoms with Crippen molar-refractivity contribution in [2.75, 3.05) is 25.0 Å². The summed E-state index contributed by atoms with van der Waals surface area (Å²) in [6, 6.07) is 4.67. The van der Waals surface area contributed by atoms with E-state index in [0.29, 0.717) is 17.1 Å². The summed E-state index contributed by atoms with van der Waals surface area (Å²) in [5, 5.41) is 7.19. The molecule has 0 radical (unpaired) electrons. The maximum atomic E-state index is 12.2. The molecule has 1 aromatic rings. The second kappa shape index (κ2) is 8.94. The van der Waals surface area contributed by atoms with E-state index in [9.17, 15) is 27.6 Å². The fourth-order valence-electron chi connectivity index (χ4n) is 2.58. The molecule has 27 heavy (non-hydrogen) atoms. The van der Waals surface area contributed by atoms with Crippen molar-refractivity contribution in [2.24, 2.45) is 0 Å². The van der Waals surface area contributed by atoms with Crippen molar-refractivity contribution in [1.82, 2.24) is 15.5 Å². The van der Waals surface area contributed by atoms with Crippen LogP contribution in [0, 0.1) is 0 Å². The predicted molar refractivity (Wildman–Crippen MR) is 92.3 cm³/mol. The fourth-order valence-corrected chi connectivity index (χ4v) is 2.71. The number of nitrogens with one attached hydrogen (secondary N) is 3. The number of likely N-dealkylation sites (tertiary alicyclic amines) is 1. The maximum Gasteiger partial charge on any atom is 0.405 e. The van der Waals surface area contributed by atoms with Crippen LogP contribution < -0.4 is 16.0 Å². The lowest BCUT2D eigenvalue weighted by Crippen LogP contribution is -2.51. The Labute approximate surface area is 158 Å². The molecule has 1 aliphatic rings. The van der Waals surface area contributed by atoms with Crippen LogP contribution >= 0.6 is 11.6 Å². The molecular formula is C16H18ClF3N4O3. The first-order valence-electron chi connectivity index (χ1n) is 8.10. The van der Waals surface area contributed by atoms with Gasteiger partial charge in [0.15, 0.2) is 0 Å². The number of urea groups is 1. The highest BCUT2D eigenvalue weighted by Gasteiger charge is 2.36. The largest absolute Gasteiger partial charge is 0.405 e. The molecule has 0 aromatic heterocycles. The number of carbonyl (C=O) groups excluding carboxylic acids is 3. The van der Waals surface area contributed by atoms with Crippen LogP contribution in [0.3, 0.4) is 0 Å². The Morgan fingerprint density at radius 2 is 1.81 bits per heavy atom. The topological polar surface area (TPSA) is 90.5 Å². The number of halogens is 4. The highest BCUT2D eigenvalue weighted by molar-refractivity contribution is 6.30. The molecule has 2 rings (SSSR count). The van der Waals surface area contributed by atoms with Gasteiger partial charge in [-0.25, -0.2) is 4.79 Å². The van der Waals surface area contributed by atoms with Crippen LogP contribution in [0.1, 0.15) is 12.8 Å². The standard InChI is InChI=1S/C16H18ClF3N4O3/c17-10-3-5-11(6-4-10)23-13(25)8-21-15(27)24-7-1-2-12(24)14(26)22-9-16(18,19)20/h3-6,12H,1-2,7-9H2,(H,21,27)(H,22,26)(H,23,25). The summed E-state index contributed by atoms with van der Waals surface area (Å²) in [6.45, 7) is -1.59. The van der Waals surface area contributed by atoms with Crippen LogP contribution in [0.4, 0.5) is 23.7 Å². The zero-order chi connectivity index (χ0) is 20.0. The average molecular weight is 407 g/mol. The average Bonchev–Trinajstić information content (AvgIpc) is 3.09. The molecule has 7 nitrogen and oxygen atoms in total. The van der Waals surface area contributed by atoms with E-state index in [1.165, 1.54) is 0 Å².